The van der Waals surface area contributed by atoms with Crippen molar-refractivity contribution in [2.75, 3.05) is 11.5 Å². The van der Waals surface area contributed by atoms with E-state index in [0.29, 0.717) is 17.1 Å². The zero-order chi connectivity index (χ0) is 7.56. The second-order valence-electron chi connectivity index (χ2n) is 1.89. The lowest BCUT2D eigenvalue weighted by Crippen LogP contribution is -1.91. The van der Waals surface area contributed by atoms with Gasteiger partial charge in [0.2, 0.25) is 0 Å². The van der Waals surface area contributed by atoms with Gasteiger partial charge in [0.25, 0.3) is 0 Å². The summed E-state index contributed by atoms with van der Waals surface area (Å²) in [5.41, 5.74) is 12.0. The van der Waals surface area contributed by atoms with Gasteiger partial charge >= 0.3 is 0 Å². The Morgan fingerprint density at radius 1 is 1.30 bits per heavy atom. The average Bonchev–Trinajstić information content (AvgIpc) is 1.88. The van der Waals surface area contributed by atoms with Crippen LogP contribution in [0.3, 0.4) is 0 Å². The molecular weight excluding hydrogens is 148 g/mol. The highest BCUT2D eigenvalue weighted by molar-refractivity contribution is 7.75. The van der Waals surface area contributed by atoms with Crippen LogP contribution in [0.4, 0.5) is 11.4 Å². The van der Waals surface area contributed by atoms with Crippen LogP contribution in [0.25, 0.3) is 0 Å². The summed E-state index contributed by atoms with van der Waals surface area (Å²) >= 11 is 3.59. The van der Waals surface area contributed by atoms with Gasteiger partial charge in [-0.2, -0.15) is 0 Å². The minimum absolute atomic E-state index is 0.495. The first-order chi connectivity index (χ1) is 4.74. The summed E-state index contributed by atoms with van der Waals surface area (Å²) < 4.78 is 4.61. The number of benzene rings is 1. The number of hydrogen-bond donors (Lipinski definition) is 3. The Hall–Kier alpha value is -1.03. The van der Waals surface area contributed by atoms with Gasteiger partial charge in [-0.1, -0.05) is 0 Å². The second kappa shape index (κ2) is 2.70. The highest BCUT2D eigenvalue weighted by Crippen LogP contribution is 2.23. The van der Waals surface area contributed by atoms with Crippen molar-refractivity contribution in [3.8, 4) is 5.75 Å². The molecule has 0 aliphatic carbocycles. The molecule has 4 N–H and O–H groups in total. The van der Waals surface area contributed by atoms with Crippen molar-refractivity contribution in [1.29, 1.82) is 0 Å². The lowest BCUT2D eigenvalue weighted by atomic mass is 10.3. The summed E-state index contributed by atoms with van der Waals surface area (Å²) in [5, 5.41) is 0. The van der Waals surface area contributed by atoms with E-state index in [-0.39, 0.29) is 0 Å². The Labute approximate surface area is 64.6 Å². The number of nitrogens with two attached hydrogens (primary N) is 2. The number of rotatable bonds is 1. The quantitative estimate of drug-likeness (QED) is 0.324. The van der Waals surface area contributed by atoms with Crippen LogP contribution in [0.2, 0.25) is 0 Å². The zero-order valence-corrected chi connectivity index (χ0v) is 6.14. The van der Waals surface area contributed by atoms with Gasteiger partial charge < -0.3 is 15.7 Å². The predicted molar refractivity (Wildman–Crippen MR) is 44.9 cm³/mol. The van der Waals surface area contributed by atoms with Crippen molar-refractivity contribution < 1.29 is 4.18 Å². The van der Waals surface area contributed by atoms with Crippen molar-refractivity contribution in [3.05, 3.63) is 18.2 Å². The van der Waals surface area contributed by atoms with Crippen molar-refractivity contribution >= 4 is 24.3 Å². The van der Waals surface area contributed by atoms with Crippen LogP contribution < -0.4 is 15.7 Å². The Morgan fingerprint density at radius 2 is 2.00 bits per heavy atom. The molecule has 0 saturated carbocycles. The normalized spacial score (nSPS) is 9.30. The molecule has 3 nitrogen and oxygen atoms in total. The maximum Gasteiger partial charge on any atom is 0.159 e. The van der Waals surface area contributed by atoms with Gasteiger partial charge in [0.05, 0.1) is 5.69 Å². The summed E-state index contributed by atoms with van der Waals surface area (Å²) in [6, 6.07) is 4.98. The van der Waals surface area contributed by atoms with E-state index in [9.17, 15) is 0 Å². The van der Waals surface area contributed by atoms with Crippen LogP contribution in [0, 0.1) is 0 Å². The largest absolute Gasteiger partial charge is 0.427 e. The minimum Gasteiger partial charge on any atom is -0.427 e. The van der Waals surface area contributed by atoms with Gasteiger partial charge in [-0.15, -0.1) is 0 Å². The molecule has 1 rings (SSSR count). The molecule has 0 aliphatic heterocycles. The summed E-state index contributed by atoms with van der Waals surface area (Å²) in [7, 11) is 0. The first-order valence-electron chi connectivity index (χ1n) is 2.70. The molecule has 0 bridgehead atoms. The van der Waals surface area contributed by atoms with Crippen LogP contribution in [0.5, 0.6) is 5.75 Å². The van der Waals surface area contributed by atoms with Gasteiger partial charge in [0.15, 0.2) is 5.75 Å². The number of thiol groups is 1. The van der Waals surface area contributed by atoms with Crippen molar-refractivity contribution in [3.63, 3.8) is 0 Å². The lowest BCUT2D eigenvalue weighted by molar-refractivity contribution is 0.662. The number of nitrogen functional groups attached to an aromatic ring is 2. The van der Waals surface area contributed by atoms with Gasteiger partial charge in [-0.05, 0) is 18.2 Å². The van der Waals surface area contributed by atoms with Crippen LogP contribution in [0.15, 0.2) is 18.2 Å². The lowest BCUT2D eigenvalue weighted by Gasteiger charge is -2.01. The smallest absolute Gasteiger partial charge is 0.159 e. The molecule has 0 radical (unpaired) electrons. The highest BCUT2D eigenvalue weighted by Gasteiger charge is 1.96. The fourth-order valence-corrected chi connectivity index (χ4v) is 0.816. The Balaban J connectivity index is 3.07. The van der Waals surface area contributed by atoms with Crippen LogP contribution in [0.1, 0.15) is 0 Å². The van der Waals surface area contributed by atoms with Crippen molar-refractivity contribution in [2.24, 2.45) is 0 Å². The molecule has 10 heavy (non-hydrogen) atoms. The molecule has 0 amide bonds. The monoisotopic (exact) mass is 156 g/mol. The molecular formula is C6H8N2OS. The summed E-state index contributed by atoms with van der Waals surface area (Å²) in [6.07, 6.45) is 0. The summed E-state index contributed by atoms with van der Waals surface area (Å²) in [5.74, 6) is 0.525. The fourth-order valence-electron chi connectivity index (χ4n) is 0.650. The van der Waals surface area contributed by atoms with E-state index in [4.69, 9.17) is 11.5 Å². The summed E-state index contributed by atoms with van der Waals surface area (Å²) in [6.45, 7) is 0. The first kappa shape index (κ1) is 7.08. The third kappa shape index (κ3) is 1.27. The Morgan fingerprint density at radius 3 is 2.50 bits per heavy atom. The molecule has 0 atom stereocenters. The molecule has 1 aromatic carbocycles. The number of hydrogen-bond acceptors (Lipinski definition) is 4. The molecule has 4 heteroatoms. The molecule has 0 aromatic heterocycles. The summed E-state index contributed by atoms with van der Waals surface area (Å²) in [4.78, 5) is 0. The first-order valence-corrected chi connectivity index (χ1v) is 3.07. The molecule has 0 spiro atoms. The van der Waals surface area contributed by atoms with Gasteiger partial charge in [0.1, 0.15) is 0 Å². The van der Waals surface area contributed by atoms with Crippen molar-refractivity contribution in [2.45, 2.75) is 0 Å². The molecule has 0 heterocycles. The standard InChI is InChI=1S/C6H8N2OS/c7-4-1-2-6(9-10)5(8)3-4/h1-3,10H,7-8H2. The topological polar surface area (TPSA) is 61.3 Å². The van der Waals surface area contributed by atoms with E-state index < -0.39 is 0 Å². The van der Waals surface area contributed by atoms with Crippen LogP contribution in [-0.2, 0) is 0 Å². The van der Waals surface area contributed by atoms with E-state index in [1.807, 2.05) is 0 Å². The molecule has 0 aliphatic rings. The van der Waals surface area contributed by atoms with Gasteiger partial charge in [-0.3, -0.25) is 0 Å². The third-order valence-electron chi connectivity index (χ3n) is 1.13. The fraction of sp³-hybridized carbons (Fsp3) is 0. The van der Waals surface area contributed by atoms with E-state index >= 15 is 0 Å². The number of anilines is 2. The van der Waals surface area contributed by atoms with Crippen molar-refractivity contribution in [1.82, 2.24) is 0 Å². The second-order valence-corrected chi connectivity index (χ2v) is 2.07. The average molecular weight is 156 g/mol. The van der Waals surface area contributed by atoms with Crippen LogP contribution >= 0.6 is 12.9 Å². The van der Waals surface area contributed by atoms with E-state index in [1.54, 1.807) is 18.2 Å². The highest BCUT2D eigenvalue weighted by atomic mass is 32.1. The van der Waals surface area contributed by atoms with E-state index in [0.717, 1.165) is 0 Å². The SMILES string of the molecule is Nc1ccc(OS)c(N)c1. The Kier molecular flexibility index (Phi) is 1.91. The van der Waals surface area contributed by atoms with Gasteiger partial charge in [-0.25, -0.2) is 0 Å². The van der Waals surface area contributed by atoms with E-state index in [2.05, 4.69) is 17.1 Å². The maximum atomic E-state index is 5.48. The zero-order valence-electron chi connectivity index (χ0n) is 5.24. The molecule has 54 valence electrons. The van der Waals surface area contributed by atoms with Gasteiger partial charge in [0, 0.05) is 18.6 Å². The van der Waals surface area contributed by atoms with E-state index in [1.165, 1.54) is 0 Å². The molecule has 0 fully saturated rings. The molecule has 0 saturated heterocycles. The minimum atomic E-state index is 0.495. The van der Waals surface area contributed by atoms with Crippen LogP contribution in [-0.4, -0.2) is 0 Å². The molecule has 0 unspecified atom stereocenters. The predicted octanol–water partition coefficient (Wildman–Crippen LogP) is 1.07. The molecule has 1 aromatic rings. The Bertz CT molecular complexity index is 239. The third-order valence-corrected chi connectivity index (χ3v) is 1.33. The maximum absolute atomic E-state index is 5.48.